The number of amides is 1. The van der Waals surface area contributed by atoms with E-state index in [2.05, 4.69) is 67.9 Å². The summed E-state index contributed by atoms with van der Waals surface area (Å²) in [6.07, 6.45) is 13.5. The number of hydrogen-bond acceptors (Lipinski definition) is 13. The summed E-state index contributed by atoms with van der Waals surface area (Å²) in [5.74, 6) is 0.522. The molecule has 1 saturated carbocycles. The third kappa shape index (κ3) is 8.54. The van der Waals surface area contributed by atoms with Gasteiger partial charge in [0.1, 0.15) is 17.0 Å². The minimum Gasteiger partial charge on any atom is -0.433 e. The standard InChI is InChI=1S/C52H57N9O7S/c1-33(2)39-6-3-4-7-40(39)43-8-5-21-59(43)37-29-52(30-37)17-22-58(23-18-52)36-9-11-41(45(27-36)60-44-14-19-53-32-48(44)68-51-47(60)26-35-13-20-54-49(35)56-51)50(62)57-69(65,66)38-10-12-42(46(28-38)61(63)64)55-31-34-15-24-67-25-16-34/h3-4,6-7,9-14,19-20,26-28,32-34,37,43,55H,5,8,15-18,21-25,29-31H2,1-2H3,(H,54,56)(H,57,62)/t43-/m0/s1. The molecule has 358 valence electrons. The Morgan fingerprint density at radius 3 is 2.57 bits per heavy atom. The van der Waals surface area contributed by atoms with Crippen molar-refractivity contribution in [2.45, 2.75) is 88.1 Å². The van der Waals surface area contributed by atoms with E-state index < -0.39 is 31.4 Å². The topological polar surface area (TPSA) is 188 Å². The number of nitro groups is 1. The highest BCUT2D eigenvalue weighted by Crippen LogP contribution is 2.55. The van der Waals surface area contributed by atoms with Crippen molar-refractivity contribution in [3.63, 3.8) is 0 Å². The number of pyridine rings is 2. The number of nitrogens with zero attached hydrogens (tertiary/aromatic N) is 6. The van der Waals surface area contributed by atoms with Crippen molar-refractivity contribution in [2.75, 3.05) is 54.5 Å². The van der Waals surface area contributed by atoms with Gasteiger partial charge in [-0.1, -0.05) is 38.1 Å². The van der Waals surface area contributed by atoms with Crippen LogP contribution in [0.5, 0.6) is 11.6 Å². The van der Waals surface area contributed by atoms with Crippen molar-refractivity contribution in [3.8, 4) is 11.6 Å². The number of aromatic amines is 1. The number of hydrogen-bond donors (Lipinski definition) is 3. The summed E-state index contributed by atoms with van der Waals surface area (Å²) in [5, 5.41) is 16.2. The summed E-state index contributed by atoms with van der Waals surface area (Å²) in [6, 6.07) is 24.8. The van der Waals surface area contributed by atoms with Crippen molar-refractivity contribution in [3.05, 3.63) is 124 Å². The maximum Gasteiger partial charge on any atom is 0.293 e. The van der Waals surface area contributed by atoms with Gasteiger partial charge < -0.3 is 29.6 Å². The molecule has 7 heterocycles. The number of benzene rings is 3. The van der Waals surface area contributed by atoms with Crippen LogP contribution in [-0.2, 0) is 14.8 Å². The molecule has 17 heteroatoms. The Hall–Kier alpha value is -6.56. The Kier molecular flexibility index (Phi) is 11.8. The highest BCUT2D eigenvalue weighted by atomic mass is 32.2. The fourth-order valence-electron chi connectivity index (χ4n) is 11.6. The number of carbonyl (C=O) groups is 1. The number of sulfonamides is 1. The second-order valence-corrected chi connectivity index (χ2v) is 21.4. The van der Waals surface area contributed by atoms with E-state index in [9.17, 15) is 23.3 Å². The van der Waals surface area contributed by atoms with E-state index in [0.717, 1.165) is 62.5 Å². The maximum atomic E-state index is 14.6. The average Bonchev–Trinajstić information content (AvgIpc) is 4.03. The largest absolute Gasteiger partial charge is 0.433 e. The molecule has 4 aliphatic heterocycles. The lowest BCUT2D eigenvalue weighted by molar-refractivity contribution is -0.384. The number of H-pyrrole nitrogens is 1. The van der Waals surface area contributed by atoms with Crippen LogP contribution in [0.15, 0.2) is 102 Å². The molecule has 16 nitrogen and oxygen atoms in total. The third-order valence-corrected chi connectivity index (χ3v) is 16.6. The molecule has 1 spiro atoms. The van der Waals surface area contributed by atoms with Crippen LogP contribution in [0.3, 0.4) is 0 Å². The molecule has 6 aromatic rings. The normalized spacial score (nSPS) is 19.6. The number of nitro benzene ring substituents is 1. The number of aromatic nitrogens is 3. The zero-order valence-corrected chi connectivity index (χ0v) is 39.7. The van der Waals surface area contributed by atoms with Crippen LogP contribution < -0.4 is 24.6 Å². The van der Waals surface area contributed by atoms with Crippen molar-refractivity contribution in [1.82, 2.24) is 24.6 Å². The fraction of sp³-hybridized carbons (Fsp3) is 0.404. The molecule has 11 rings (SSSR count). The number of carbonyl (C=O) groups excluding carboxylic acids is 1. The Morgan fingerprint density at radius 1 is 0.957 bits per heavy atom. The van der Waals surface area contributed by atoms with Gasteiger partial charge >= 0.3 is 0 Å². The molecule has 0 radical (unpaired) electrons. The number of rotatable bonds is 12. The first-order valence-electron chi connectivity index (χ1n) is 24.2. The minimum absolute atomic E-state index is 0.0610. The molecular weight excluding hydrogens is 895 g/mol. The van der Waals surface area contributed by atoms with Crippen LogP contribution in [0.25, 0.3) is 11.0 Å². The number of nitrogens with one attached hydrogen (secondary N) is 3. The molecule has 1 amide bonds. The molecular formula is C52H57N9O7S. The van der Waals surface area contributed by atoms with E-state index in [1.54, 1.807) is 30.7 Å². The van der Waals surface area contributed by atoms with Gasteiger partial charge in [-0.3, -0.25) is 24.8 Å². The van der Waals surface area contributed by atoms with Gasteiger partial charge in [-0.2, -0.15) is 4.98 Å². The van der Waals surface area contributed by atoms with Crippen molar-refractivity contribution in [1.29, 1.82) is 0 Å². The van der Waals surface area contributed by atoms with Crippen LogP contribution in [0.1, 0.15) is 98.7 Å². The number of piperidine rings is 1. The van der Waals surface area contributed by atoms with Crippen LogP contribution in [0.2, 0.25) is 0 Å². The molecule has 0 bridgehead atoms. The summed E-state index contributed by atoms with van der Waals surface area (Å²) in [7, 11) is -4.61. The van der Waals surface area contributed by atoms with Crippen LogP contribution in [-0.4, -0.2) is 84.5 Å². The monoisotopic (exact) mass is 951 g/mol. The Morgan fingerprint density at radius 2 is 1.77 bits per heavy atom. The van der Waals surface area contributed by atoms with Crippen molar-refractivity contribution in [2.24, 2.45) is 11.3 Å². The SMILES string of the molecule is CC(C)c1ccccc1[C@@H]1CCCN1C1CC2(CCN(c3ccc(C(=O)NS(=O)(=O)c4ccc(NCC5CCOCC5)c([N+](=O)[O-])c4)c(N4c5ccncc5Oc5nc6[nH]ccc6cc54)c3)CC2)C1. The number of likely N-dealkylation sites (tertiary alicyclic amines) is 1. The predicted octanol–water partition coefficient (Wildman–Crippen LogP) is 10.1. The Labute approximate surface area is 401 Å². The van der Waals surface area contributed by atoms with Gasteiger partial charge in [0.15, 0.2) is 5.75 Å². The van der Waals surface area contributed by atoms with E-state index in [0.29, 0.717) is 66.2 Å². The summed E-state index contributed by atoms with van der Waals surface area (Å²) < 4.78 is 42.2. The smallest absolute Gasteiger partial charge is 0.293 e. The van der Waals surface area contributed by atoms with E-state index >= 15 is 0 Å². The van der Waals surface area contributed by atoms with Gasteiger partial charge in [-0.15, -0.1) is 0 Å². The first-order chi connectivity index (χ1) is 33.4. The second-order valence-electron chi connectivity index (χ2n) is 19.7. The van der Waals surface area contributed by atoms with Crippen molar-refractivity contribution >= 4 is 61.1 Å². The lowest BCUT2D eigenvalue weighted by Gasteiger charge is -2.56. The maximum absolute atomic E-state index is 14.6. The van der Waals surface area contributed by atoms with E-state index in [4.69, 9.17) is 14.5 Å². The molecule has 1 atom stereocenters. The average molecular weight is 952 g/mol. The lowest BCUT2D eigenvalue weighted by atomic mass is 9.59. The highest BCUT2D eigenvalue weighted by Gasteiger charge is 2.50. The van der Waals surface area contributed by atoms with Crippen LogP contribution in [0, 0.1) is 21.4 Å². The fourth-order valence-corrected chi connectivity index (χ4v) is 12.5. The highest BCUT2D eigenvalue weighted by molar-refractivity contribution is 7.90. The van der Waals surface area contributed by atoms with Gasteiger partial charge in [0.25, 0.3) is 21.6 Å². The van der Waals surface area contributed by atoms with E-state index in [1.807, 2.05) is 29.2 Å². The van der Waals surface area contributed by atoms with Crippen LogP contribution in [0.4, 0.5) is 34.1 Å². The third-order valence-electron chi connectivity index (χ3n) is 15.3. The van der Waals surface area contributed by atoms with E-state index in [-0.39, 0.29) is 28.5 Å². The number of anilines is 5. The zero-order chi connectivity index (χ0) is 47.4. The van der Waals surface area contributed by atoms with E-state index in [1.165, 1.54) is 48.9 Å². The van der Waals surface area contributed by atoms with Crippen molar-refractivity contribution < 1.29 is 27.6 Å². The van der Waals surface area contributed by atoms with Gasteiger partial charge in [0.05, 0.1) is 33.0 Å². The molecule has 69 heavy (non-hydrogen) atoms. The van der Waals surface area contributed by atoms with Crippen LogP contribution >= 0.6 is 0 Å². The molecule has 3 aromatic carbocycles. The summed E-state index contributed by atoms with van der Waals surface area (Å²) >= 11 is 0. The summed E-state index contributed by atoms with van der Waals surface area (Å²) in [6.45, 7) is 9.11. The predicted molar refractivity (Wildman–Crippen MR) is 265 cm³/mol. The Bertz CT molecular complexity index is 3050. The lowest BCUT2D eigenvalue weighted by Crippen LogP contribution is -2.55. The molecule has 3 N–H and O–H groups in total. The number of ether oxygens (including phenoxy) is 2. The Balaban J connectivity index is 0.880. The van der Waals surface area contributed by atoms with Gasteiger partial charge in [0.2, 0.25) is 5.88 Å². The summed E-state index contributed by atoms with van der Waals surface area (Å²) in [5.41, 5.74) is 6.11. The molecule has 5 aliphatic rings. The first-order valence-corrected chi connectivity index (χ1v) is 25.7. The molecule has 3 saturated heterocycles. The second kappa shape index (κ2) is 18.1. The van der Waals surface area contributed by atoms with Gasteiger partial charge in [0, 0.05) is 74.5 Å². The molecule has 4 fully saturated rings. The molecule has 0 unspecified atom stereocenters. The molecule has 1 aliphatic carbocycles. The zero-order valence-electron chi connectivity index (χ0n) is 38.9. The summed E-state index contributed by atoms with van der Waals surface area (Å²) in [4.78, 5) is 45.1. The van der Waals surface area contributed by atoms with Gasteiger partial charge in [-0.05, 0) is 135 Å². The minimum atomic E-state index is -4.61. The van der Waals surface area contributed by atoms with Gasteiger partial charge in [-0.25, -0.2) is 13.1 Å². The number of fused-ring (bicyclic) bond motifs is 3. The first kappa shape index (κ1) is 44.9. The quantitative estimate of drug-likeness (QED) is 0.0776. The molecule has 3 aromatic heterocycles.